The summed E-state index contributed by atoms with van der Waals surface area (Å²) in [6.45, 7) is 0. The second kappa shape index (κ2) is 4.26. The summed E-state index contributed by atoms with van der Waals surface area (Å²) < 4.78 is 0. The molecular weight excluding hydrogens is 124 g/mol. The Hall–Kier alpha value is -0.590. The van der Waals surface area contributed by atoms with Gasteiger partial charge in [0.15, 0.2) is 0 Å². The lowest BCUT2D eigenvalue weighted by Crippen LogP contribution is -1.93. The van der Waals surface area contributed by atoms with Crippen molar-refractivity contribution in [2.45, 2.75) is 38.5 Å². The number of aldehydes is 1. The van der Waals surface area contributed by atoms with Gasteiger partial charge in [0, 0.05) is 6.42 Å². The fourth-order valence-electron chi connectivity index (χ4n) is 1.42. The van der Waals surface area contributed by atoms with E-state index in [9.17, 15) is 4.79 Å². The smallest absolute Gasteiger partial charge is 0.123 e. The number of rotatable bonds is 2. The summed E-state index contributed by atoms with van der Waals surface area (Å²) in [7, 11) is 0. The molecule has 0 atom stereocenters. The molecule has 0 heterocycles. The van der Waals surface area contributed by atoms with Crippen LogP contribution >= 0.6 is 0 Å². The largest absolute Gasteiger partial charge is 0.303 e. The Balaban J connectivity index is 2.30. The molecule has 0 aromatic rings. The number of carbonyl (C=O) groups excluding carboxylic acids is 1. The van der Waals surface area contributed by atoms with E-state index in [1.54, 1.807) is 0 Å². The van der Waals surface area contributed by atoms with Crippen LogP contribution in [0.1, 0.15) is 38.5 Å². The average Bonchev–Trinajstić information content (AvgIpc) is 2.03. The SMILES string of the molecule is O=CCC=C1CCCCC1. The Morgan fingerprint density at radius 1 is 1.20 bits per heavy atom. The van der Waals surface area contributed by atoms with E-state index < -0.39 is 0 Å². The Bertz CT molecular complexity index is 128. The molecule has 56 valence electrons. The Morgan fingerprint density at radius 2 is 1.90 bits per heavy atom. The van der Waals surface area contributed by atoms with Gasteiger partial charge in [-0.2, -0.15) is 0 Å². The Morgan fingerprint density at radius 3 is 2.50 bits per heavy atom. The van der Waals surface area contributed by atoms with Crippen LogP contribution < -0.4 is 0 Å². The lowest BCUT2D eigenvalue weighted by molar-refractivity contribution is -0.107. The van der Waals surface area contributed by atoms with Crippen molar-refractivity contribution in [3.05, 3.63) is 11.6 Å². The van der Waals surface area contributed by atoms with Crippen molar-refractivity contribution >= 4 is 6.29 Å². The summed E-state index contributed by atoms with van der Waals surface area (Å²) in [6.07, 6.45) is 10.2. The van der Waals surface area contributed by atoms with Gasteiger partial charge in [0.25, 0.3) is 0 Å². The first-order valence-corrected chi connectivity index (χ1v) is 4.05. The third kappa shape index (κ3) is 2.34. The number of hydrogen-bond acceptors (Lipinski definition) is 1. The molecule has 0 aromatic heterocycles. The molecule has 0 amide bonds. The standard InChI is InChI=1S/C9H14O/c10-8-4-7-9-5-2-1-3-6-9/h7-8H,1-6H2. The predicted octanol–water partition coefficient (Wildman–Crippen LogP) is 2.47. The molecule has 1 aliphatic carbocycles. The third-order valence-electron chi connectivity index (χ3n) is 2.00. The molecule has 1 aliphatic rings. The highest BCUT2D eigenvalue weighted by molar-refractivity contribution is 5.52. The fraction of sp³-hybridized carbons (Fsp3) is 0.667. The normalized spacial score (nSPS) is 18.6. The van der Waals surface area contributed by atoms with Crippen LogP contribution in [0.15, 0.2) is 11.6 Å². The summed E-state index contributed by atoms with van der Waals surface area (Å²) in [5.41, 5.74) is 1.50. The molecule has 0 bridgehead atoms. The molecule has 0 aromatic carbocycles. The highest BCUT2D eigenvalue weighted by Crippen LogP contribution is 2.22. The monoisotopic (exact) mass is 138 g/mol. The van der Waals surface area contributed by atoms with Crippen molar-refractivity contribution in [3.8, 4) is 0 Å². The van der Waals surface area contributed by atoms with Crippen LogP contribution in [-0.4, -0.2) is 6.29 Å². The highest BCUT2D eigenvalue weighted by Gasteiger charge is 2.03. The molecule has 1 rings (SSSR count). The quantitative estimate of drug-likeness (QED) is 0.423. The van der Waals surface area contributed by atoms with Crippen molar-refractivity contribution in [2.24, 2.45) is 0 Å². The van der Waals surface area contributed by atoms with Gasteiger partial charge in [-0.05, 0) is 25.7 Å². The molecule has 10 heavy (non-hydrogen) atoms. The molecule has 0 saturated heterocycles. The predicted molar refractivity (Wildman–Crippen MR) is 41.8 cm³/mol. The fourth-order valence-corrected chi connectivity index (χ4v) is 1.42. The van der Waals surface area contributed by atoms with Gasteiger partial charge in [0.2, 0.25) is 0 Å². The van der Waals surface area contributed by atoms with Crippen molar-refractivity contribution < 1.29 is 4.79 Å². The van der Waals surface area contributed by atoms with Gasteiger partial charge in [-0.15, -0.1) is 0 Å². The molecule has 1 fully saturated rings. The second-order valence-corrected chi connectivity index (χ2v) is 2.83. The summed E-state index contributed by atoms with van der Waals surface area (Å²) in [6, 6.07) is 0. The Kier molecular flexibility index (Phi) is 3.20. The first kappa shape index (κ1) is 7.52. The number of hydrogen-bond donors (Lipinski definition) is 0. The van der Waals surface area contributed by atoms with E-state index in [-0.39, 0.29) is 0 Å². The lowest BCUT2D eigenvalue weighted by atomic mass is 9.94. The van der Waals surface area contributed by atoms with Crippen LogP contribution in [0.5, 0.6) is 0 Å². The first-order valence-electron chi connectivity index (χ1n) is 4.05. The molecule has 0 aliphatic heterocycles. The number of allylic oxidation sites excluding steroid dienone is 2. The van der Waals surface area contributed by atoms with Gasteiger partial charge >= 0.3 is 0 Å². The zero-order valence-corrected chi connectivity index (χ0v) is 6.31. The van der Waals surface area contributed by atoms with E-state index in [0.717, 1.165) is 6.29 Å². The van der Waals surface area contributed by atoms with Crippen molar-refractivity contribution in [2.75, 3.05) is 0 Å². The van der Waals surface area contributed by atoms with Crippen molar-refractivity contribution in [1.82, 2.24) is 0 Å². The maximum Gasteiger partial charge on any atom is 0.123 e. The molecule has 0 spiro atoms. The molecule has 1 heteroatoms. The van der Waals surface area contributed by atoms with Crippen molar-refractivity contribution in [3.63, 3.8) is 0 Å². The van der Waals surface area contributed by atoms with Crippen molar-refractivity contribution in [1.29, 1.82) is 0 Å². The maximum absolute atomic E-state index is 10.0. The van der Waals surface area contributed by atoms with E-state index in [1.807, 2.05) is 0 Å². The Labute approximate surface area is 62.1 Å². The second-order valence-electron chi connectivity index (χ2n) is 2.83. The van der Waals surface area contributed by atoms with Crippen LogP contribution in [0, 0.1) is 0 Å². The van der Waals surface area contributed by atoms with Gasteiger partial charge in [0.05, 0.1) is 0 Å². The summed E-state index contributed by atoms with van der Waals surface area (Å²) in [5, 5.41) is 0. The van der Waals surface area contributed by atoms with Crippen LogP contribution in [-0.2, 0) is 4.79 Å². The minimum atomic E-state index is 0.620. The van der Waals surface area contributed by atoms with E-state index in [1.165, 1.54) is 37.7 Å². The van der Waals surface area contributed by atoms with Crippen LogP contribution in [0.25, 0.3) is 0 Å². The van der Waals surface area contributed by atoms with Gasteiger partial charge in [0.1, 0.15) is 6.29 Å². The zero-order chi connectivity index (χ0) is 7.23. The highest BCUT2D eigenvalue weighted by atomic mass is 16.1. The van der Waals surface area contributed by atoms with Gasteiger partial charge < -0.3 is 4.79 Å². The molecule has 1 nitrogen and oxygen atoms in total. The molecule has 0 unspecified atom stereocenters. The van der Waals surface area contributed by atoms with E-state index >= 15 is 0 Å². The van der Waals surface area contributed by atoms with E-state index in [4.69, 9.17) is 0 Å². The van der Waals surface area contributed by atoms with Crippen LogP contribution in [0.2, 0.25) is 0 Å². The van der Waals surface area contributed by atoms with E-state index in [0.29, 0.717) is 6.42 Å². The maximum atomic E-state index is 10.0. The minimum absolute atomic E-state index is 0.620. The first-order chi connectivity index (χ1) is 4.93. The average molecular weight is 138 g/mol. The summed E-state index contributed by atoms with van der Waals surface area (Å²) in [4.78, 5) is 10.0. The molecule has 1 saturated carbocycles. The molecular formula is C9H14O. The van der Waals surface area contributed by atoms with E-state index in [2.05, 4.69) is 6.08 Å². The lowest BCUT2D eigenvalue weighted by Gasteiger charge is -2.12. The minimum Gasteiger partial charge on any atom is -0.303 e. The summed E-state index contributed by atoms with van der Waals surface area (Å²) in [5.74, 6) is 0. The third-order valence-corrected chi connectivity index (χ3v) is 2.00. The topological polar surface area (TPSA) is 17.1 Å². The van der Waals surface area contributed by atoms with Gasteiger partial charge in [-0.25, -0.2) is 0 Å². The molecule has 0 N–H and O–H groups in total. The van der Waals surface area contributed by atoms with Gasteiger partial charge in [-0.1, -0.05) is 18.1 Å². The summed E-state index contributed by atoms with van der Waals surface area (Å²) >= 11 is 0. The van der Waals surface area contributed by atoms with Crippen LogP contribution in [0.3, 0.4) is 0 Å². The number of carbonyl (C=O) groups is 1. The zero-order valence-electron chi connectivity index (χ0n) is 6.31. The van der Waals surface area contributed by atoms with Gasteiger partial charge in [-0.3, -0.25) is 0 Å². The van der Waals surface area contributed by atoms with Crippen LogP contribution in [0.4, 0.5) is 0 Å². The molecule has 0 radical (unpaired) electrons.